The maximum Gasteiger partial charge on any atom is 0.305 e. The molecule has 1 rings (SSSR count). The summed E-state index contributed by atoms with van der Waals surface area (Å²) in [7, 11) is 1.32. The molecule has 0 heterocycles. The molecule has 1 aromatic carbocycles. The fourth-order valence-corrected chi connectivity index (χ4v) is 1.25. The molecule has 1 radical (unpaired) electrons. The first-order valence-corrected chi connectivity index (χ1v) is 4.43. The number of methoxy groups -OCH3 is 1. The van der Waals surface area contributed by atoms with Crippen LogP contribution in [-0.4, -0.2) is 13.1 Å². The van der Waals surface area contributed by atoms with Crippen molar-refractivity contribution < 1.29 is 13.9 Å². The van der Waals surface area contributed by atoms with E-state index in [0.29, 0.717) is 17.0 Å². The zero-order valence-electron chi connectivity index (χ0n) is 7.64. The molecule has 0 fully saturated rings. The van der Waals surface area contributed by atoms with Gasteiger partial charge in [0.15, 0.2) is 0 Å². The molecule has 0 atom stereocenters. The van der Waals surface area contributed by atoms with Gasteiger partial charge in [-0.05, 0) is 24.1 Å². The fourth-order valence-electron chi connectivity index (χ4n) is 1.00. The molecule has 75 valence electrons. The van der Waals surface area contributed by atoms with E-state index < -0.39 is 5.82 Å². The van der Waals surface area contributed by atoms with Gasteiger partial charge < -0.3 is 4.74 Å². The van der Waals surface area contributed by atoms with Crippen LogP contribution >= 0.6 is 11.6 Å². The number of ether oxygens (including phenoxy) is 1. The molecule has 0 aromatic heterocycles. The second-order valence-corrected chi connectivity index (χ2v) is 3.14. The molecule has 4 heteroatoms. The number of esters is 1. The van der Waals surface area contributed by atoms with E-state index in [1.807, 2.05) is 0 Å². The van der Waals surface area contributed by atoms with Crippen LogP contribution in [-0.2, 0) is 16.0 Å². The van der Waals surface area contributed by atoms with Crippen molar-refractivity contribution >= 4 is 17.6 Å². The maximum absolute atomic E-state index is 12.6. The number of rotatable bonds is 3. The van der Waals surface area contributed by atoms with E-state index >= 15 is 0 Å². The molecule has 0 aliphatic rings. The van der Waals surface area contributed by atoms with E-state index in [2.05, 4.69) is 10.8 Å². The van der Waals surface area contributed by atoms with Gasteiger partial charge in [0.2, 0.25) is 0 Å². The van der Waals surface area contributed by atoms with E-state index in [1.54, 1.807) is 0 Å². The molecule has 0 saturated heterocycles. The van der Waals surface area contributed by atoms with Crippen LogP contribution in [0.1, 0.15) is 12.0 Å². The number of benzene rings is 1. The molecule has 0 N–H and O–H groups in total. The van der Waals surface area contributed by atoms with E-state index in [4.69, 9.17) is 11.6 Å². The summed E-state index contributed by atoms with van der Waals surface area (Å²) in [4.78, 5) is 10.8. The number of aryl methyl sites for hydroxylation is 1. The summed E-state index contributed by atoms with van der Waals surface area (Å²) in [6.07, 6.45) is 0.665. The molecule has 0 saturated carbocycles. The molecule has 0 bridgehead atoms. The van der Waals surface area contributed by atoms with Crippen LogP contribution < -0.4 is 0 Å². The summed E-state index contributed by atoms with van der Waals surface area (Å²) in [5.41, 5.74) is 0.693. The van der Waals surface area contributed by atoms with Crippen molar-refractivity contribution in [2.45, 2.75) is 12.8 Å². The van der Waals surface area contributed by atoms with Gasteiger partial charge in [0.05, 0.1) is 7.11 Å². The molecular weight excluding hydrogens is 207 g/mol. The van der Waals surface area contributed by atoms with Crippen LogP contribution in [0.15, 0.2) is 12.1 Å². The van der Waals surface area contributed by atoms with Crippen molar-refractivity contribution in [2.75, 3.05) is 7.11 Å². The Morgan fingerprint density at radius 1 is 1.71 bits per heavy atom. The number of hydrogen-bond acceptors (Lipinski definition) is 2. The van der Waals surface area contributed by atoms with Crippen LogP contribution in [0.4, 0.5) is 4.39 Å². The summed E-state index contributed by atoms with van der Waals surface area (Å²) >= 11 is 5.74. The third-order valence-corrected chi connectivity index (χ3v) is 2.12. The second-order valence-electron chi connectivity index (χ2n) is 2.73. The molecule has 0 amide bonds. The molecule has 0 spiro atoms. The zero-order valence-corrected chi connectivity index (χ0v) is 8.40. The van der Waals surface area contributed by atoms with E-state index in [1.165, 1.54) is 19.2 Å². The highest BCUT2D eigenvalue weighted by molar-refractivity contribution is 6.31. The minimum atomic E-state index is -0.503. The van der Waals surface area contributed by atoms with Crippen molar-refractivity contribution in [2.24, 2.45) is 0 Å². The van der Waals surface area contributed by atoms with Gasteiger partial charge >= 0.3 is 5.97 Å². The van der Waals surface area contributed by atoms with Crippen molar-refractivity contribution in [3.05, 3.63) is 34.6 Å². The third-order valence-electron chi connectivity index (χ3n) is 1.77. The van der Waals surface area contributed by atoms with E-state index in [9.17, 15) is 9.18 Å². The monoisotopic (exact) mass is 215 g/mol. The van der Waals surface area contributed by atoms with Gasteiger partial charge in [-0.15, -0.1) is 0 Å². The quantitative estimate of drug-likeness (QED) is 0.724. The normalized spacial score (nSPS) is 9.93. The minimum absolute atomic E-state index is 0.232. The summed E-state index contributed by atoms with van der Waals surface area (Å²) in [5.74, 6) is -0.817. The van der Waals surface area contributed by atoms with Crippen LogP contribution in [0.25, 0.3) is 0 Å². The average molecular weight is 216 g/mol. The summed E-state index contributed by atoms with van der Waals surface area (Å²) in [6, 6.07) is 5.00. The molecule has 1 aromatic rings. The molecule has 0 aliphatic carbocycles. The summed E-state index contributed by atoms with van der Waals surface area (Å²) in [5, 5.41) is 0.310. The lowest BCUT2D eigenvalue weighted by molar-refractivity contribution is -0.140. The molecule has 14 heavy (non-hydrogen) atoms. The second kappa shape index (κ2) is 4.96. The van der Waals surface area contributed by atoms with Crippen LogP contribution in [0.3, 0.4) is 0 Å². The first-order chi connectivity index (χ1) is 6.63. The summed E-state index contributed by atoms with van der Waals surface area (Å²) < 4.78 is 17.1. The average Bonchev–Trinajstić information content (AvgIpc) is 2.16. The van der Waals surface area contributed by atoms with E-state index in [0.717, 1.165) is 0 Å². The largest absolute Gasteiger partial charge is 0.469 e. The van der Waals surface area contributed by atoms with Gasteiger partial charge in [-0.3, -0.25) is 4.79 Å². The highest BCUT2D eigenvalue weighted by Gasteiger charge is 2.05. The minimum Gasteiger partial charge on any atom is -0.469 e. The molecular formula is C10H9ClFO2. The van der Waals surface area contributed by atoms with Gasteiger partial charge in [-0.25, -0.2) is 4.39 Å². The number of carbonyl (C=O) groups excluding carboxylic acids is 1. The lowest BCUT2D eigenvalue weighted by atomic mass is 10.1. The Labute approximate surface area is 86.6 Å². The van der Waals surface area contributed by atoms with Gasteiger partial charge in [-0.1, -0.05) is 11.6 Å². The van der Waals surface area contributed by atoms with Crippen LogP contribution in [0, 0.1) is 11.9 Å². The SMILES string of the molecule is COC(=O)CCc1c[c]c(F)cc1Cl. The summed E-state index contributed by atoms with van der Waals surface area (Å²) in [6.45, 7) is 0. The number of halogens is 2. The maximum atomic E-state index is 12.6. The lowest BCUT2D eigenvalue weighted by Crippen LogP contribution is -2.02. The Bertz CT molecular complexity index is 339. The topological polar surface area (TPSA) is 26.3 Å². The third kappa shape index (κ3) is 3.00. The first-order valence-electron chi connectivity index (χ1n) is 4.06. The molecule has 0 unspecified atom stereocenters. The highest BCUT2D eigenvalue weighted by atomic mass is 35.5. The Morgan fingerprint density at radius 2 is 2.43 bits per heavy atom. The van der Waals surface area contributed by atoms with Gasteiger partial charge in [-0.2, -0.15) is 0 Å². The Hall–Kier alpha value is -1.09. The highest BCUT2D eigenvalue weighted by Crippen LogP contribution is 2.18. The van der Waals surface area contributed by atoms with Gasteiger partial charge in [0, 0.05) is 17.5 Å². The van der Waals surface area contributed by atoms with Crippen molar-refractivity contribution in [1.29, 1.82) is 0 Å². The predicted octanol–water partition coefficient (Wildman–Crippen LogP) is 2.38. The lowest BCUT2D eigenvalue weighted by Gasteiger charge is -2.02. The molecule has 0 aliphatic heterocycles. The van der Waals surface area contributed by atoms with Gasteiger partial charge in [0.1, 0.15) is 5.82 Å². The molecule has 2 nitrogen and oxygen atoms in total. The van der Waals surface area contributed by atoms with Crippen LogP contribution in [0.2, 0.25) is 5.02 Å². The first kappa shape index (κ1) is 11.0. The Balaban J connectivity index is 2.63. The van der Waals surface area contributed by atoms with Crippen LogP contribution in [0.5, 0.6) is 0 Å². The number of carbonyl (C=O) groups is 1. The number of hydrogen-bond donors (Lipinski definition) is 0. The predicted molar refractivity (Wildman–Crippen MR) is 50.6 cm³/mol. The fraction of sp³-hybridized carbons (Fsp3) is 0.300. The van der Waals surface area contributed by atoms with Crippen molar-refractivity contribution in [3.63, 3.8) is 0 Å². The Kier molecular flexibility index (Phi) is 3.89. The standard InChI is InChI=1S/C10H9ClFO2/c1-14-10(13)5-3-7-2-4-8(12)6-9(7)11/h2,6H,3,5H2,1H3. The van der Waals surface area contributed by atoms with E-state index in [-0.39, 0.29) is 12.4 Å². The smallest absolute Gasteiger partial charge is 0.305 e. The van der Waals surface area contributed by atoms with Gasteiger partial charge in [0.25, 0.3) is 0 Å². The van der Waals surface area contributed by atoms with Crippen molar-refractivity contribution in [1.82, 2.24) is 0 Å². The zero-order chi connectivity index (χ0) is 10.6. The van der Waals surface area contributed by atoms with Crippen molar-refractivity contribution in [3.8, 4) is 0 Å². The Morgan fingerprint density at radius 3 is 3.00 bits per heavy atom.